The molecule has 2 heterocycles. The Hall–Kier alpha value is -1.70. The number of rotatable bonds is 7. The molecule has 2 rings (SSSR count). The van der Waals surface area contributed by atoms with Gasteiger partial charge in [0.05, 0.1) is 12.0 Å². The second-order valence-electron chi connectivity index (χ2n) is 4.83. The molecule has 6 nitrogen and oxygen atoms in total. The Kier molecular flexibility index (Phi) is 5.11. The second-order valence-corrected chi connectivity index (χ2v) is 6.54. The topological polar surface area (TPSA) is 98.2 Å². The summed E-state index contributed by atoms with van der Waals surface area (Å²) in [5.74, 6) is 0.843. The molecule has 0 saturated heterocycles. The number of pyridine rings is 1. The summed E-state index contributed by atoms with van der Waals surface area (Å²) in [4.78, 5) is 4.14. The number of sulfonamides is 1. The van der Waals surface area contributed by atoms with E-state index in [2.05, 4.69) is 9.71 Å². The predicted molar refractivity (Wildman–Crippen MR) is 78.9 cm³/mol. The van der Waals surface area contributed by atoms with Crippen molar-refractivity contribution in [2.24, 2.45) is 5.73 Å². The summed E-state index contributed by atoms with van der Waals surface area (Å²) in [6, 6.07) is 6.61. The van der Waals surface area contributed by atoms with Crippen molar-refractivity contribution in [1.82, 2.24) is 9.71 Å². The summed E-state index contributed by atoms with van der Waals surface area (Å²) in [7, 11) is -3.56. The van der Waals surface area contributed by atoms with Crippen LogP contribution < -0.4 is 10.5 Å². The fourth-order valence-electron chi connectivity index (χ4n) is 1.90. The van der Waals surface area contributed by atoms with E-state index in [0.717, 1.165) is 5.76 Å². The van der Waals surface area contributed by atoms with Gasteiger partial charge >= 0.3 is 0 Å². The van der Waals surface area contributed by atoms with E-state index in [9.17, 15) is 8.42 Å². The van der Waals surface area contributed by atoms with Crippen molar-refractivity contribution >= 4 is 10.0 Å². The third-order valence-corrected chi connectivity index (χ3v) is 4.65. The zero-order valence-electron chi connectivity index (χ0n) is 11.8. The summed E-state index contributed by atoms with van der Waals surface area (Å²) in [6.07, 6.45) is 4.26. The van der Waals surface area contributed by atoms with E-state index in [1.807, 2.05) is 19.1 Å². The molecular weight excluding hydrogens is 290 g/mol. The molecule has 0 bridgehead atoms. The highest BCUT2D eigenvalue weighted by atomic mass is 32.2. The van der Waals surface area contributed by atoms with Crippen molar-refractivity contribution in [3.05, 3.63) is 48.2 Å². The average Bonchev–Trinajstić information content (AvgIpc) is 2.98. The molecule has 0 aromatic carbocycles. The van der Waals surface area contributed by atoms with Gasteiger partial charge in [-0.05, 0) is 37.6 Å². The van der Waals surface area contributed by atoms with Gasteiger partial charge in [-0.25, -0.2) is 13.1 Å². The molecule has 2 aromatic heterocycles. The number of hydrogen-bond acceptors (Lipinski definition) is 5. The molecule has 0 radical (unpaired) electrons. The van der Waals surface area contributed by atoms with Crippen LogP contribution in [-0.4, -0.2) is 19.4 Å². The molecule has 1 atom stereocenters. The molecule has 0 aliphatic rings. The first-order valence-corrected chi connectivity index (χ1v) is 8.19. The Morgan fingerprint density at radius 2 is 2.19 bits per heavy atom. The van der Waals surface area contributed by atoms with Crippen LogP contribution in [0.15, 0.2) is 46.0 Å². The number of aromatic nitrogens is 1. The number of furan rings is 1. The van der Waals surface area contributed by atoms with E-state index in [-0.39, 0.29) is 17.5 Å². The van der Waals surface area contributed by atoms with E-state index < -0.39 is 10.0 Å². The molecule has 0 aliphatic carbocycles. The lowest BCUT2D eigenvalue weighted by atomic mass is 10.2. The van der Waals surface area contributed by atoms with Crippen LogP contribution in [0.4, 0.5) is 0 Å². The fourth-order valence-corrected chi connectivity index (χ4v) is 3.12. The lowest BCUT2D eigenvalue weighted by molar-refractivity contribution is 0.480. The number of nitrogens with one attached hydrogen (secondary N) is 1. The smallest absolute Gasteiger partial charge is 0.242 e. The molecule has 0 fully saturated rings. The van der Waals surface area contributed by atoms with Crippen LogP contribution in [0, 0.1) is 0 Å². The van der Waals surface area contributed by atoms with E-state index in [0.29, 0.717) is 18.5 Å². The van der Waals surface area contributed by atoms with E-state index in [1.165, 1.54) is 12.3 Å². The Morgan fingerprint density at radius 3 is 2.76 bits per heavy atom. The standard InChI is InChI=1S/C14H19N3O3S/c1-11(4-6-13-3-2-8-20-13)17-21(18,19)14-7-5-12(9-15)16-10-14/h2-3,5,7-8,10-11,17H,4,6,9,15H2,1H3. The molecular formula is C14H19N3O3S. The van der Waals surface area contributed by atoms with E-state index in [1.54, 1.807) is 12.3 Å². The zero-order chi connectivity index (χ0) is 15.3. The van der Waals surface area contributed by atoms with Gasteiger partial charge in [-0.15, -0.1) is 0 Å². The maximum atomic E-state index is 12.2. The fraction of sp³-hybridized carbons (Fsp3) is 0.357. The molecule has 2 aromatic rings. The second kappa shape index (κ2) is 6.84. The maximum absolute atomic E-state index is 12.2. The largest absolute Gasteiger partial charge is 0.469 e. The Bertz CT molecular complexity index is 651. The summed E-state index contributed by atoms with van der Waals surface area (Å²) in [5.41, 5.74) is 6.09. The highest BCUT2D eigenvalue weighted by Gasteiger charge is 2.17. The molecule has 3 N–H and O–H groups in total. The van der Waals surface area contributed by atoms with Crippen LogP contribution >= 0.6 is 0 Å². The quantitative estimate of drug-likeness (QED) is 0.806. The first-order valence-electron chi connectivity index (χ1n) is 6.71. The first-order chi connectivity index (χ1) is 10.0. The normalized spacial score (nSPS) is 13.2. The number of nitrogens with zero attached hydrogens (tertiary/aromatic N) is 1. The molecule has 7 heteroatoms. The molecule has 21 heavy (non-hydrogen) atoms. The third-order valence-electron chi connectivity index (χ3n) is 3.08. The highest BCUT2D eigenvalue weighted by molar-refractivity contribution is 7.89. The van der Waals surface area contributed by atoms with Crippen LogP contribution in [-0.2, 0) is 23.0 Å². The molecule has 114 valence electrons. The Labute approximate surface area is 124 Å². The molecule has 1 unspecified atom stereocenters. The summed E-state index contributed by atoms with van der Waals surface area (Å²) in [6.45, 7) is 2.11. The minimum atomic E-state index is -3.56. The SMILES string of the molecule is CC(CCc1ccco1)NS(=O)(=O)c1ccc(CN)nc1. The van der Waals surface area contributed by atoms with Gasteiger partial charge < -0.3 is 10.2 Å². The van der Waals surface area contributed by atoms with Crippen molar-refractivity contribution in [2.45, 2.75) is 37.2 Å². The number of aryl methyl sites for hydroxylation is 1. The van der Waals surface area contributed by atoms with Crippen molar-refractivity contribution in [3.63, 3.8) is 0 Å². The van der Waals surface area contributed by atoms with Crippen LogP contribution in [0.25, 0.3) is 0 Å². The van der Waals surface area contributed by atoms with Crippen LogP contribution in [0.3, 0.4) is 0 Å². The van der Waals surface area contributed by atoms with Gasteiger partial charge in [0.1, 0.15) is 10.7 Å². The monoisotopic (exact) mass is 309 g/mol. The van der Waals surface area contributed by atoms with E-state index >= 15 is 0 Å². The average molecular weight is 309 g/mol. The van der Waals surface area contributed by atoms with Gasteiger partial charge in [0.25, 0.3) is 0 Å². The van der Waals surface area contributed by atoms with Crippen molar-refractivity contribution in [3.8, 4) is 0 Å². The Morgan fingerprint density at radius 1 is 1.38 bits per heavy atom. The minimum Gasteiger partial charge on any atom is -0.469 e. The van der Waals surface area contributed by atoms with Crippen LogP contribution in [0.2, 0.25) is 0 Å². The van der Waals surface area contributed by atoms with E-state index in [4.69, 9.17) is 10.2 Å². The van der Waals surface area contributed by atoms with Crippen LogP contribution in [0.1, 0.15) is 24.8 Å². The summed E-state index contributed by atoms with van der Waals surface area (Å²) < 4.78 is 32.3. The van der Waals surface area contributed by atoms with Gasteiger partial charge in [0.15, 0.2) is 0 Å². The first kappa shape index (κ1) is 15.7. The van der Waals surface area contributed by atoms with Crippen LogP contribution in [0.5, 0.6) is 0 Å². The van der Waals surface area contributed by atoms with Gasteiger partial charge in [0.2, 0.25) is 10.0 Å². The summed E-state index contributed by atoms with van der Waals surface area (Å²) in [5, 5.41) is 0. The molecule has 0 spiro atoms. The van der Waals surface area contributed by atoms with Gasteiger partial charge in [-0.3, -0.25) is 4.98 Å². The summed E-state index contributed by atoms with van der Waals surface area (Å²) >= 11 is 0. The maximum Gasteiger partial charge on any atom is 0.242 e. The lowest BCUT2D eigenvalue weighted by Crippen LogP contribution is -2.33. The van der Waals surface area contributed by atoms with Crippen molar-refractivity contribution < 1.29 is 12.8 Å². The Balaban J connectivity index is 1.95. The molecule has 0 aliphatic heterocycles. The van der Waals surface area contributed by atoms with Gasteiger partial charge in [-0.1, -0.05) is 0 Å². The molecule has 0 saturated carbocycles. The number of nitrogens with two attached hydrogens (primary N) is 1. The molecule has 0 amide bonds. The van der Waals surface area contributed by atoms with Crippen molar-refractivity contribution in [2.75, 3.05) is 0 Å². The van der Waals surface area contributed by atoms with Crippen molar-refractivity contribution in [1.29, 1.82) is 0 Å². The minimum absolute atomic E-state index is 0.143. The third kappa shape index (κ3) is 4.38. The lowest BCUT2D eigenvalue weighted by Gasteiger charge is -2.13. The van der Waals surface area contributed by atoms with Gasteiger partial charge in [-0.2, -0.15) is 0 Å². The number of hydrogen-bond donors (Lipinski definition) is 2. The predicted octanol–water partition coefficient (Wildman–Crippen LogP) is 1.43. The highest BCUT2D eigenvalue weighted by Crippen LogP contribution is 2.11. The zero-order valence-corrected chi connectivity index (χ0v) is 12.6. The van der Waals surface area contributed by atoms with Gasteiger partial charge in [0, 0.05) is 25.2 Å².